The predicted octanol–water partition coefficient (Wildman–Crippen LogP) is 6.87. The highest BCUT2D eigenvalue weighted by Crippen LogP contribution is 2.50. The highest BCUT2D eigenvalue weighted by molar-refractivity contribution is 5.82. The lowest BCUT2D eigenvalue weighted by Crippen LogP contribution is -2.53. The highest BCUT2D eigenvalue weighted by Gasteiger charge is 2.71. The van der Waals surface area contributed by atoms with Gasteiger partial charge in [-0.1, -0.05) is 6.07 Å². The number of amides is 1. The molecule has 41 heavy (non-hydrogen) atoms. The number of likely N-dealkylation sites (tertiary alicyclic amines) is 1. The number of hydrogen-bond acceptors (Lipinski definition) is 5. The second-order valence-electron chi connectivity index (χ2n) is 9.96. The van der Waals surface area contributed by atoms with Gasteiger partial charge >= 0.3 is 18.4 Å². The third-order valence-corrected chi connectivity index (χ3v) is 7.22. The number of halogens is 6. The van der Waals surface area contributed by atoms with Gasteiger partial charge in [-0.25, -0.2) is 9.78 Å². The molecule has 0 aliphatic carbocycles. The number of benzene rings is 2. The lowest BCUT2D eigenvalue weighted by molar-refractivity contribution is -0.376. The van der Waals surface area contributed by atoms with E-state index in [-0.39, 0.29) is 17.8 Å². The molecule has 0 unspecified atom stereocenters. The van der Waals surface area contributed by atoms with E-state index in [1.54, 1.807) is 47.6 Å². The molecule has 0 spiro atoms. The lowest BCUT2D eigenvalue weighted by Gasteiger charge is -2.32. The fraction of sp³-hybridized carbons (Fsp3) is 0.357. The molecule has 2 aromatic heterocycles. The van der Waals surface area contributed by atoms with Crippen LogP contribution in [0.2, 0.25) is 0 Å². The Balaban J connectivity index is 1.38. The van der Waals surface area contributed by atoms with E-state index in [1.807, 2.05) is 0 Å². The van der Waals surface area contributed by atoms with Gasteiger partial charge in [0.05, 0.1) is 6.54 Å². The molecule has 1 N–H and O–H groups in total. The van der Waals surface area contributed by atoms with Gasteiger partial charge in [-0.3, -0.25) is 0 Å². The van der Waals surface area contributed by atoms with Crippen molar-refractivity contribution in [2.75, 3.05) is 13.1 Å². The highest BCUT2D eigenvalue weighted by atomic mass is 19.4. The number of alkyl halides is 6. The number of aliphatic hydroxyl groups is 1. The van der Waals surface area contributed by atoms with E-state index < -0.39 is 29.6 Å². The van der Waals surface area contributed by atoms with Gasteiger partial charge in [-0.2, -0.15) is 26.3 Å². The van der Waals surface area contributed by atoms with Crippen LogP contribution in [0.25, 0.3) is 22.4 Å². The molecule has 7 nitrogen and oxygen atoms in total. The smallest absolute Gasteiger partial charge is 0.430 e. The quantitative estimate of drug-likeness (QED) is 0.260. The first kappa shape index (κ1) is 28.5. The van der Waals surface area contributed by atoms with Crippen LogP contribution in [0.1, 0.15) is 35.6 Å². The summed E-state index contributed by atoms with van der Waals surface area (Å²) in [5, 5.41) is 9.87. The summed E-state index contributed by atoms with van der Waals surface area (Å²) in [7, 11) is 0. The van der Waals surface area contributed by atoms with Crippen LogP contribution in [0.4, 0.5) is 31.1 Å². The van der Waals surface area contributed by atoms with Gasteiger partial charge < -0.3 is 23.7 Å². The lowest BCUT2D eigenvalue weighted by atomic mass is 9.91. The fourth-order valence-electron chi connectivity index (χ4n) is 4.91. The largest absolute Gasteiger partial charge is 0.441 e. The van der Waals surface area contributed by atoms with Gasteiger partial charge in [0.15, 0.2) is 0 Å². The summed E-state index contributed by atoms with van der Waals surface area (Å²) in [6, 6.07) is 10.5. The summed E-state index contributed by atoms with van der Waals surface area (Å²) in [5.74, 6) is 1.11. The Labute approximate surface area is 229 Å². The van der Waals surface area contributed by atoms with Crippen molar-refractivity contribution >= 4 is 17.0 Å². The average Bonchev–Trinajstić information content (AvgIpc) is 3.63. The maximum absolute atomic E-state index is 13.4. The van der Waals surface area contributed by atoms with E-state index in [1.165, 1.54) is 6.07 Å². The molecular formula is C28H25F6N3O4. The number of carbonyl (C=O) groups excluding carboxylic acids is 1. The molecular weight excluding hydrogens is 556 g/mol. The summed E-state index contributed by atoms with van der Waals surface area (Å²) in [6.07, 6.45) is -10.5. The second kappa shape index (κ2) is 10.1. The molecule has 5 rings (SSSR count). The predicted molar refractivity (Wildman–Crippen MR) is 135 cm³/mol. The molecule has 13 heteroatoms. The number of oxazole rings is 1. The molecule has 1 saturated heterocycles. The van der Waals surface area contributed by atoms with Crippen molar-refractivity contribution in [3.8, 4) is 17.2 Å². The first-order chi connectivity index (χ1) is 19.2. The number of carbonyl (C=O) groups is 1. The summed E-state index contributed by atoms with van der Waals surface area (Å²) in [6.45, 7) is 4.78. The first-order valence-electron chi connectivity index (χ1n) is 12.7. The Hall–Kier alpha value is -4.00. The Morgan fingerprint density at radius 2 is 1.61 bits per heavy atom. The van der Waals surface area contributed by atoms with Crippen molar-refractivity contribution in [1.82, 2.24) is 14.5 Å². The number of nitrogens with zero attached hydrogens (tertiary/aromatic N) is 3. The van der Waals surface area contributed by atoms with Crippen molar-refractivity contribution in [2.45, 2.75) is 51.2 Å². The maximum atomic E-state index is 13.4. The third-order valence-electron chi connectivity index (χ3n) is 7.22. The Bertz CT molecular complexity index is 1570. The van der Waals surface area contributed by atoms with Crippen LogP contribution >= 0.6 is 0 Å². The standard InChI is InChI=1S/C28H25F6N3O4/c1-16-13-19-14-20(26(39,27(29,30)31)28(32,33)34)7-10-23(19)37(16)15-22-17(2)40-24(35-22)18-5-8-21(9-6-18)41-25(38)36-11-3-4-12-36/h5-10,13-14,39H,3-4,11-12,15H2,1-2H3. The van der Waals surface area contributed by atoms with Gasteiger partial charge in [-0.05, 0) is 69.2 Å². The summed E-state index contributed by atoms with van der Waals surface area (Å²) >= 11 is 0. The molecule has 218 valence electrons. The van der Waals surface area contributed by atoms with Crippen molar-refractivity contribution in [3.05, 3.63) is 71.2 Å². The van der Waals surface area contributed by atoms with Crippen LogP contribution in [0.3, 0.4) is 0 Å². The van der Waals surface area contributed by atoms with E-state index in [2.05, 4.69) is 4.98 Å². The van der Waals surface area contributed by atoms with Gasteiger partial charge in [-0.15, -0.1) is 0 Å². The second-order valence-corrected chi connectivity index (χ2v) is 9.96. The fourth-order valence-corrected chi connectivity index (χ4v) is 4.91. The zero-order valence-electron chi connectivity index (χ0n) is 21.9. The summed E-state index contributed by atoms with van der Waals surface area (Å²) in [5.41, 5.74) is -4.33. The average molecular weight is 582 g/mol. The van der Waals surface area contributed by atoms with Gasteiger partial charge in [0, 0.05) is 40.8 Å². The SMILES string of the molecule is Cc1oc(-c2ccc(OC(=O)N3CCCC3)cc2)nc1Cn1c(C)cc2cc(C(O)(C(F)(F)F)C(F)(F)F)ccc21. The van der Waals surface area contributed by atoms with Crippen LogP contribution in [0.15, 0.2) is 52.9 Å². The molecule has 0 saturated carbocycles. The van der Waals surface area contributed by atoms with Crippen molar-refractivity contribution in [2.24, 2.45) is 0 Å². The normalized spacial score (nSPS) is 14.7. The minimum absolute atomic E-state index is 0.0902. The number of aromatic nitrogens is 2. The molecule has 0 atom stereocenters. The zero-order chi connectivity index (χ0) is 29.7. The Morgan fingerprint density at radius 3 is 2.22 bits per heavy atom. The number of hydrogen-bond donors (Lipinski definition) is 1. The molecule has 1 fully saturated rings. The van der Waals surface area contributed by atoms with Crippen LogP contribution in [0, 0.1) is 13.8 Å². The molecule has 1 amide bonds. The molecule has 4 aromatic rings. The minimum Gasteiger partial charge on any atom is -0.441 e. The van der Waals surface area contributed by atoms with Gasteiger partial charge in [0.2, 0.25) is 5.89 Å². The van der Waals surface area contributed by atoms with E-state index in [0.717, 1.165) is 18.9 Å². The molecule has 2 aromatic carbocycles. The summed E-state index contributed by atoms with van der Waals surface area (Å²) < 4.78 is 93.1. The number of rotatable bonds is 5. The van der Waals surface area contributed by atoms with E-state index in [0.29, 0.717) is 59.2 Å². The molecule has 0 radical (unpaired) electrons. The summed E-state index contributed by atoms with van der Waals surface area (Å²) in [4.78, 5) is 18.4. The number of ether oxygens (including phenoxy) is 1. The molecule has 1 aliphatic heterocycles. The van der Waals surface area contributed by atoms with E-state index >= 15 is 0 Å². The minimum atomic E-state index is -5.97. The van der Waals surface area contributed by atoms with Crippen molar-refractivity contribution in [3.63, 3.8) is 0 Å². The van der Waals surface area contributed by atoms with Gasteiger partial charge in [0.1, 0.15) is 17.2 Å². The number of aryl methyl sites for hydroxylation is 2. The molecule has 3 heterocycles. The maximum Gasteiger partial charge on any atom is 0.430 e. The van der Waals surface area contributed by atoms with E-state index in [9.17, 15) is 36.2 Å². The first-order valence-corrected chi connectivity index (χ1v) is 12.7. The molecule has 1 aliphatic rings. The van der Waals surface area contributed by atoms with Crippen molar-refractivity contribution in [1.29, 1.82) is 0 Å². The van der Waals surface area contributed by atoms with Gasteiger partial charge in [0.25, 0.3) is 5.60 Å². The van der Waals surface area contributed by atoms with Crippen LogP contribution in [-0.2, 0) is 12.1 Å². The monoisotopic (exact) mass is 581 g/mol. The van der Waals surface area contributed by atoms with Crippen LogP contribution in [-0.4, -0.2) is 51.1 Å². The Morgan fingerprint density at radius 1 is 0.976 bits per heavy atom. The molecule has 0 bridgehead atoms. The van der Waals surface area contributed by atoms with Crippen LogP contribution in [0.5, 0.6) is 5.75 Å². The number of fused-ring (bicyclic) bond motifs is 1. The zero-order valence-corrected chi connectivity index (χ0v) is 21.9. The van der Waals surface area contributed by atoms with Crippen LogP contribution < -0.4 is 4.74 Å². The third kappa shape index (κ3) is 5.14. The van der Waals surface area contributed by atoms with E-state index in [4.69, 9.17) is 9.15 Å². The van der Waals surface area contributed by atoms with Crippen molar-refractivity contribution < 1.29 is 45.4 Å². The topological polar surface area (TPSA) is 80.7 Å². The Kier molecular flexibility index (Phi) is 7.04.